The first-order valence-electron chi connectivity index (χ1n) is 5.17. The Kier molecular flexibility index (Phi) is 7.50. The van der Waals surface area contributed by atoms with Gasteiger partial charge in [0.2, 0.25) is 0 Å². The molecule has 0 radical (unpaired) electrons. The summed E-state index contributed by atoms with van der Waals surface area (Å²) < 4.78 is 4.82. The van der Waals surface area contributed by atoms with Crippen molar-refractivity contribution in [3.63, 3.8) is 0 Å². The molecule has 0 aromatic heterocycles. The molecule has 0 N–H and O–H groups in total. The molecule has 0 aromatic rings. The number of ketones is 2. The van der Waals surface area contributed by atoms with Crippen LogP contribution in [0.5, 0.6) is 0 Å². The maximum Gasteiger partial charge on any atom is 0.313 e. The van der Waals surface area contributed by atoms with Crippen LogP contribution in [-0.4, -0.2) is 24.1 Å². The van der Waals surface area contributed by atoms with E-state index < -0.39 is 5.97 Å². The summed E-state index contributed by atoms with van der Waals surface area (Å²) in [6.45, 7) is 3.25. The van der Waals surface area contributed by atoms with Crippen LogP contribution in [0.15, 0.2) is 0 Å². The van der Waals surface area contributed by atoms with Gasteiger partial charge in [-0.15, -0.1) is 0 Å². The van der Waals surface area contributed by atoms with Crippen LogP contribution in [0.4, 0.5) is 0 Å². The second kappa shape index (κ2) is 8.15. The van der Waals surface area contributed by atoms with Gasteiger partial charge in [0, 0.05) is 6.42 Å². The zero-order valence-electron chi connectivity index (χ0n) is 9.38. The zero-order valence-corrected chi connectivity index (χ0v) is 9.38. The minimum absolute atomic E-state index is 0.145. The summed E-state index contributed by atoms with van der Waals surface area (Å²) in [7, 11) is 0. The number of carbonyl (C=O) groups excluding carboxylic acids is 3. The van der Waals surface area contributed by atoms with Crippen molar-refractivity contribution < 1.29 is 19.1 Å². The van der Waals surface area contributed by atoms with Crippen molar-refractivity contribution in [2.45, 2.75) is 46.0 Å². The van der Waals surface area contributed by atoms with Crippen LogP contribution in [0.1, 0.15) is 46.0 Å². The fourth-order valence-corrected chi connectivity index (χ4v) is 1.09. The van der Waals surface area contributed by atoms with E-state index in [4.69, 9.17) is 4.74 Å². The Morgan fingerprint density at radius 1 is 0.933 bits per heavy atom. The lowest BCUT2D eigenvalue weighted by molar-refractivity contribution is -0.145. The van der Waals surface area contributed by atoms with Gasteiger partial charge >= 0.3 is 5.97 Å². The Hall–Kier alpha value is -1.19. The predicted molar refractivity (Wildman–Crippen MR) is 55.4 cm³/mol. The van der Waals surface area contributed by atoms with Gasteiger partial charge in [-0.3, -0.25) is 9.59 Å². The Morgan fingerprint density at radius 3 is 2.13 bits per heavy atom. The molecule has 0 fully saturated rings. The van der Waals surface area contributed by atoms with Gasteiger partial charge in [-0.25, -0.2) is 0 Å². The molecule has 0 spiro atoms. The molecule has 0 amide bonds. The minimum atomic E-state index is -0.464. The summed E-state index contributed by atoms with van der Waals surface area (Å²) >= 11 is 0. The SMILES string of the molecule is CC(=O)CCCCCOC(=O)CC(C)=O. The lowest BCUT2D eigenvalue weighted by Crippen LogP contribution is -2.09. The van der Waals surface area contributed by atoms with E-state index in [9.17, 15) is 14.4 Å². The quantitative estimate of drug-likeness (QED) is 0.350. The minimum Gasteiger partial charge on any atom is -0.465 e. The molecule has 0 atom stereocenters. The highest BCUT2D eigenvalue weighted by Crippen LogP contribution is 2.01. The molecule has 4 heteroatoms. The van der Waals surface area contributed by atoms with E-state index in [1.807, 2.05) is 0 Å². The first kappa shape index (κ1) is 13.8. The highest BCUT2D eigenvalue weighted by molar-refractivity contribution is 5.94. The molecule has 0 saturated heterocycles. The van der Waals surface area contributed by atoms with Crippen molar-refractivity contribution in [1.29, 1.82) is 0 Å². The third-order valence-electron chi connectivity index (χ3n) is 1.83. The Labute approximate surface area is 90.0 Å². The van der Waals surface area contributed by atoms with Crippen LogP contribution >= 0.6 is 0 Å². The first-order chi connectivity index (χ1) is 7.02. The molecule has 0 rings (SSSR count). The van der Waals surface area contributed by atoms with Gasteiger partial charge < -0.3 is 9.53 Å². The van der Waals surface area contributed by atoms with Crippen molar-refractivity contribution in [3.8, 4) is 0 Å². The highest BCUT2D eigenvalue weighted by atomic mass is 16.5. The van der Waals surface area contributed by atoms with Crippen LogP contribution in [0, 0.1) is 0 Å². The molecule has 4 nitrogen and oxygen atoms in total. The van der Waals surface area contributed by atoms with Gasteiger partial charge in [0.15, 0.2) is 0 Å². The molecule has 0 aliphatic heterocycles. The topological polar surface area (TPSA) is 60.4 Å². The van der Waals surface area contributed by atoms with Crippen LogP contribution in [-0.2, 0) is 19.1 Å². The van der Waals surface area contributed by atoms with Gasteiger partial charge in [-0.1, -0.05) is 0 Å². The summed E-state index contributed by atoms with van der Waals surface area (Å²) in [5, 5.41) is 0. The van der Waals surface area contributed by atoms with Crippen LogP contribution in [0.3, 0.4) is 0 Å². The fraction of sp³-hybridized carbons (Fsp3) is 0.727. The number of Topliss-reactive ketones (excluding diaryl/α,β-unsaturated/α-hetero) is 2. The average Bonchev–Trinajstić information content (AvgIpc) is 2.09. The van der Waals surface area contributed by atoms with E-state index in [1.165, 1.54) is 6.92 Å². The molecule has 0 saturated carbocycles. The maximum atomic E-state index is 10.9. The van der Waals surface area contributed by atoms with Crippen molar-refractivity contribution in [1.82, 2.24) is 0 Å². The second-order valence-corrected chi connectivity index (χ2v) is 3.61. The standard InChI is InChI=1S/C11H18O4/c1-9(12)6-4-3-5-7-15-11(14)8-10(2)13/h3-8H2,1-2H3. The van der Waals surface area contributed by atoms with E-state index in [1.54, 1.807) is 6.92 Å². The molecule has 86 valence electrons. The lowest BCUT2D eigenvalue weighted by Gasteiger charge is -2.02. The Bertz CT molecular complexity index is 233. The number of ether oxygens (including phenoxy) is 1. The molecular weight excluding hydrogens is 196 g/mol. The molecule has 0 aromatic carbocycles. The third kappa shape index (κ3) is 10.7. The molecular formula is C11H18O4. The van der Waals surface area contributed by atoms with Crippen molar-refractivity contribution >= 4 is 17.5 Å². The maximum absolute atomic E-state index is 10.9. The summed E-state index contributed by atoms with van der Waals surface area (Å²) in [4.78, 5) is 32.0. The molecule has 0 heterocycles. The van der Waals surface area contributed by atoms with Gasteiger partial charge in [0.05, 0.1) is 6.61 Å². The lowest BCUT2D eigenvalue weighted by atomic mass is 10.1. The van der Waals surface area contributed by atoms with E-state index in [0.29, 0.717) is 13.0 Å². The largest absolute Gasteiger partial charge is 0.465 e. The van der Waals surface area contributed by atoms with Crippen molar-refractivity contribution in [2.24, 2.45) is 0 Å². The Morgan fingerprint density at radius 2 is 1.60 bits per heavy atom. The van der Waals surface area contributed by atoms with Crippen LogP contribution in [0.2, 0.25) is 0 Å². The summed E-state index contributed by atoms with van der Waals surface area (Å²) in [6.07, 6.45) is 2.89. The van der Waals surface area contributed by atoms with Crippen LogP contribution in [0.25, 0.3) is 0 Å². The fourth-order valence-electron chi connectivity index (χ4n) is 1.09. The monoisotopic (exact) mass is 214 g/mol. The second-order valence-electron chi connectivity index (χ2n) is 3.61. The van der Waals surface area contributed by atoms with Crippen molar-refractivity contribution in [2.75, 3.05) is 6.61 Å². The summed E-state index contributed by atoms with van der Waals surface area (Å²) in [5.41, 5.74) is 0. The smallest absolute Gasteiger partial charge is 0.313 e. The molecule has 0 aliphatic carbocycles. The zero-order chi connectivity index (χ0) is 11.7. The number of hydrogen-bond donors (Lipinski definition) is 0. The predicted octanol–water partition coefficient (Wildman–Crippen LogP) is 1.66. The van der Waals surface area contributed by atoms with E-state index in [-0.39, 0.29) is 18.0 Å². The number of carbonyl (C=O) groups is 3. The number of hydrogen-bond acceptors (Lipinski definition) is 4. The average molecular weight is 214 g/mol. The normalized spacial score (nSPS) is 9.73. The van der Waals surface area contributed by atoms with Gasteiger partial charge in [-0.05, 0) is 33.1 Å². The van der Waals surface area contributed by atoms with Gasteiger partial charge in [-0.2, -0.15) is 0 Å². The summed E-state index contributed by atoms with van der Waals surface area (Å²) in [5.74, 6) is -0.464. The van der Waals surface area contributed by atoms with Gasteiger partial charge in [0.1, 0.15) is 18.0 Å². The van der Waals surface area contributed by atoms with Crippen molar-refractivity contribution in [3.05, 3.63) is 0 Å². The molecule has 0 bridgehead atoms. The number of unbranched alkanes of at least 4 members (excludes halogenated alkanes) is 2. The van der Waals surface area contributed by atoms with Gasteiger partial charge in [0.25, 0.3) is 0 Å². The molecule has 0 aliphatic rings. The van der Waals surface area contributed by atoms with E-state index >= 15 is 0 Å². The third-order valence-corrected chi connectivity index (χ3v) is 1.83. The van der Waals surface area contributed by atoms with E-state index in [2.05, 4.69) is 0 Å². The Balaban J connectivity index is 3.27. The van der Waals surface area contributed by atoms with Crippen LogP contribution < -0.4 is 0 Å². The highest BCUT2D eigenvalue weighted by Gasteiger charge is 2.05. The first-order valence-corrected chi connectivity index (χ1v) is 5.17. The number of rotatable bonds is 8. The number of esters is 1. The summed E-state index contributed by atoms with van der Waals surface area (Å²) in [6, 6.07) is 0. The van der Waals surface area contributed by atoms with E-state index in [0.717, 1.165) is 19.3 Å². The molecule has 15 heavy (non-hydrogen) atoms. The molecule has 0 unspecified atom stereocenters.